The molecule has 0 spiro atoms. The Morgan fingerprint density at radius 2 is 2.35 bits per heavy atom. The van der Waals surface area contributed by atoms with E-state index in [4.69, 9.17) is 9.84 Å². The van der Waals surface area contributed by atoms with Crippen LogP contribution in [0.5, 0.6) is 0 Å². The third-order valence-electron chi connectivity index (χ3n) is 3.22. The van der Waals surface area contributed by atoms with Gasteiger partial charge in [-0.15, -0.1) is 11.3 Å². The number of hydrogen-bond donors (Lipinski definition) is 2. The molecule has 7 heteroatoms. The lowest BCUT2D eigenvalue weighted by molar-refractivity contribution is -0.139. The lowest BCUT2D eigenvalue weighted by Gasteiger charge is -2.26. The van der Waals surface area contributed by atoms with Crippen LogP contribution in [0.25, 0.3) is 0 Å². The van der Waals surface area contributed by atoms with Gasteiger partial charge in [0.05, 0.1) is 18.6 Å². The molecule has 1 aromatic rings. The van der Waals surface area contributed by atoms with Crippen LogP contribution in [0.4, 0.5) is 0 Å². The van der Waals surface area contributed by atoms with Gasteiger partial charge >= 0.3 is 5.97 Å². The number of hydrogen-bond acceptors (Lipinski definition) is 4. The standard InChI is InChI=1S/C13H16BrNO4S/c14-9-5-10(20-7-9)1-2-11(16)15-13(6-12(17)18)3-4-19-8-13/h5,7H,1-4,6,8H2,(H,15,16)(H,17,18). The average molecular weight is 362 g/mol. The number of carboxylic acids is 1. The van der Waals surface area contributed by atoms with Gasteiger partial charge < -0.3 is 15.2 Å². The lowest BCUT2D eigenvalue weighted by atomic mass is 9.94. The summed E-state index contributed by atoms with van der Waals surface area (Å²) in [7, 11) is 0. The number of nitrogens with one attached hydrogen (secondary N) is 1. The number of ether oxygens (including phenoxy) is 1. The minimum Gasteiger partial charge on any atom is -0.481 e. The fraction of sp³-hybridized carbons (Fsp3) is 0.538. The first-order valence-electron chi connectivity index (χ1n) is 6.33. The Labute approximate surface area is 129 Å². The van der Waals surface area contributed by atoms with Crippen LogP contribution >= 0.6 is 27.3 Å². The van der Waals surface area contributed by atoms with E-state index in [1.807, 2.05) is 11.4 Å². The lowest BCUT2D eigenvalue weighted by Crippen LogP contribution is -2.50. The van der Waals surface area contributed by atoms with Gasteiger partial charge in [0.15, 0.2) is 0 Å². The highest BCUT2D eigenvalue weighted by molar-refractivity contribution is 9.10. The predicted molar refractivity (Wildman–Crippen MR) is 78.9 cm³/mol. The molecule has 1 atom stereocenters. The van der Waals surface area contributed by atoms with Crippen LogP contribution in [0, 0.1) is 0 Å². The van der Waals surface area contributed by atoms with Gasteiger partial charge in [-0.2, -0.15) is 0 Å². The number of thiophene rings is 1. The minimum atomic E-state index is -0.919. The van der Waals surface area contributed by atoms with Crippen LogP contribution in [-0.2, 0) is 20.7 Å². The Hall–Kier alpha value is -0.920. The summed E-state index contributed by atoms with van der Waals surface area (Å²) in [6.45, 7) is 0.765. The third kappa shape index (κ3) is 4.29. The molecule has 5 nitrogen and oxygen atoms in total. The van der Waals surface area contributed by atoms with Crippen molar-refractivity contribution in [2.45, 2.75) is 31.2 Å². The van der Waals surface area contributed by atoms with E-state index in [1.165, 1.54) is 0 Å². The van der Waals surface area contributed by atoms with Crippen LogP contribution in [0.15, 0.2) is 15.9 Å². The van der Waals surface area contributed by atoms with Crippen molar-refractivity contribution in [3.63, 3.8) is 0 Å². The van der Waals surface area contributed by atoms with Gasteiger partial charge in [-0.3, -0.25) is 9.59 Å². The zero-order chi connectivity index (χ0) is 14.6. The maximum Gasteiger partial charge on any atom is 0.305 e. The topological polar surface area (TPSA) is 75.6 Å². The molecule has 2 rings (SSSR count). The van der Waals surface area contributed by atoms with Crippen molar-refractivity contribution in [1.29, 1.82) is 0 Å². The van der Waals surface area contributed by atoms with Crippen molar-refractivity contribution in [3.8, 4) is 0 Å². The minimum absolute atomic E-state index is 0.0940. The zero-order valence-electron chi connectivity index (χ0n) is 10.9. The summed E-state index contributed by atoms with van der Waals surface area (Å²) in [6.07, 6.45) is 1.47. The molecule has 1 fully saturated rings. The van der Waals surface area contributed by atoms with Crippen molar-refractivity contribution < 1.29 is 19.4 Å². The number of aliphatic carboxylic acids is 1. The summed E-state index contributed by atoms with van der Waals surface area (Å²) in [5.74, 6) is -1.04. The number of aryl methyl sites for hydroxylation is 1. The molecule has 0 aliphatic carbocycles. The van der Waals surface area contributed by atoms with E-state index in [1.54, 1.807) is 11.3 Å². The summed E-state index contributed by atoms with van der Waals surface area (Å²) in [4.78, 5) is 24.0. The molecule has 1 aromatic heterocycles. The fourth-order valence-corrected chi connectivity index (χ4v) is 3.71. The first-order valence-corrected chi connectivity index (χ1v) is 8.00. The number of halogens is 1. The second kappa shape index (κ2) is 6.69. The van der Waals surface area contributed by atoms with E-state index in [0.717, 1.165) is 9.35 Å². The Bertz CT molecular complexity index is 496. The van der Waals surface area contributed by atoms with Crippen LogP contribution in [0.1, 0.15) is 24.1 Å². The Kier molecular flexibility index (Phi) is 5.17. The SMILES string of the molecule is O=C(O)CC1(NC(=O)CCc2cc(Br)cs2)CCOC1. The Morgan fingerprint density at radius 1 is 1.55 bits per heavy atom. The maximum absolute atomic E-state index is 12.0. The first kappa shape index (κ1) is 15.5. The van der Waals surface area contributed by atoms with Crippen LogP contribution in [-0.4, -0.2) is 35.7 Å². The second-order valence-electron chi connectivity index (χ2n) is 4.93. The van der Waals surface area contributed by atoms with Gasteiger partial charge in [0.1, 0.15) is 0 Å². The van der Waals surface area contributed by atoms with E-state index in [0.29, 0.717) is 25.9 Å². The van der Waals surface area contributed by atoms with Gasteiger partial charge in [0.25, 0.3) is 0 Å². The summed E-state index contributed by atoms with van der Waals surface area (Å²) in [5, 5.41) is 13.8. The van der Waals surface area contributed by atoms with E-state index in [9.17, 15) is 9.59 Å². The number of carbonyl (C=O) groups is 2. The van der Waals surface area contributed by atoms with E-state index >= 15 is 0 Å². The summed E-state index contributed by atoms with van der Waals surface area (Å²) >= 11 is 4.97. The molecule has 0 aromatic carbocycles. The molecule has 1 aliphatic rings. The molecule has 0 bridgehead atoms. The third-order valence-corrected chi connectivity index (χ3v) is 4.98. The Balaban J connectivity index is 1.87. The van der Waals surface area contributed by atoms with Crippen LogP contribution < -0.4 is 5.32 Å². The van der Waals surface area contributed by atoms with E-state index in [2.05, 4.69) is 21.2 Å². The molecule has 0 saturated carbocycles. The monoisotopic (exact) mass is 361 g/mol. The second-order valence-corrected chi connectivity index (χ2v) is 6.84. The zero-order valence-corrected chi connectivity index (χ0v) is 13.3. The van der Waals surface area contributed by atoms with Crippen molar-refractivity contribution in [2.24, 2.45) is 0 Å². The van der Waals surface area contributed by atoms with Gasteiger partial charge in [-0.1, -0.05) is 0 Å². The quantitative estimate of drug-likeness (QED) is 0.814. The Morgan fingerprint density at radius 3 is 2.90 bits per heavy atom. The molecule has 110 valence electrons. The summed E-state index contributed by atoms with van der Waals surface area (Å²) < 4.78 is 6.26. The molecule has 20 heavy (non-hydrogen) atoms. The maximum atomic E-state index is 12.0. The highest BCUT2D eigenvalue weighted by Crippen LogP contribution is 2.24. The molecule has 2 heterocycles. The van der Waals surface area contributed by atoms with Gasteiger partial charge in [0, 0.05) is 27.8 Å². The molecule has 1 saturated heterocycles. The highest BCUT2D eigenvalue weighted by Gasteiger charge is 2.38. The number of rotatable bonds is 6. The predicted octanol–water partition coefficient (Wildman–Crippen LogP) is 2.19. The molecule has 1 aliphatic heterocycles. The van der Waals surface area contributed by atoms with E-state index in [-0.39, 0.29) is 18.9 Å². The van der Waals surface area contributed by atoms with Gasteiger partial charge in [-0.25, -0.2) is 0 Å². The molecule has 0 radical (unpaired) electrons. The van der Waals surface area contributed by atoms with Crippen molar-refractivity contribution in [1.82, 2.24) is 5.32 Å². The molecular weight excluding hydrogens is 346 g/mol. The van der Waals surface area contributed by atoms with Gasteiger partial charge in [0.2, 0.25) is 5.91 Å². The first-order chi connectivity index (χ1) is 9.49. The highest BCUT2D eigenvalue weighted by atomic mass is 79.9. The number of carbonyl (C=O) groups excluding carboxylic acids is 1. The van der Waals surface area contributed by atoms with Crippen molar-refractivity contribution >= 4 is 39.1 Å². The molecule has 2 N–H and O–H groups in total. The fourth-order valence-electron chi connectivity index (χ4n) is 2.26. The van der Waals surface area contributed by atoms with Crippen molar-refractivity contribution in [3.05, 3.63) is 20.8 Å². The summed E-state index contributed by atoms with van der Waals surface area (Å²) in [6, 6.07) is 1.99. The molecule has 1 amide bonds. The summed E-state index contributed by atoms with van der Waals surface area (Å²) in [5.41, 5.74) is -0.737. The average Bonchev–Trinajstić information content (AvgIpc) is 2.95. The number of carboxylic acid groups (broad SMARTS) is 1. The van der Waals surface area contributed by atoms with E-state index < -0.39 is 11.5 Å². The smallest absolute Gasteiger partial charge is 0.305 e. The largest absolute Gasteiger partial charge is 0.481 e. The van der Waals surface area contributed by atoms with Crippen LogP contribution in [0.3, 0.4) is 0 Å². The van der Waals surface area contributed by atoms with Gasteiger partial charge in [-0.05, 0) is 34.8 Å². The molecular formula is C13H16BrNO4S. The van der Waals surface area contributed by atoms with Crippen molar-refractivity contribution in [2.75, 3.05) is 13.2 Å². The normalized spacial score (nSPS) is 21.9. The molecule has 1 unspecified atom stereocenters. The van der Waals surface area contributed by atoms with Crippen LogP contribution in [0.2, 0.25) is 0 Å². The number of amides is 1.